The predicted molar refractivity (Wildman–Crippen MR) is 80.4 cm³/mol. The number of nitrogens with zero attached hydrogens (tertiary/aromatic N) is 2. The Hall–Kier alpha value is -1.28. The number of nitrogens with one attached hydrogen (secondary N) is 1. The molecule has 0 fully saturated rings. The summed E-state index contributed by atoms with van der Waals surface area (Å²) in [5, 5.41) is 3.65. The van der Waals surface area contributed by atoms with Gasteiger partial charge < -0.3 is 15.8 Å². The summed E-state index contributed by atoms with van der Waals surface area (Å²) in [5.74, 6) is 0.791. The number of hydrogen-bond acceptors (Lipinski definition) is 5. The molecule has 18 heavy (non-hydrogen) atoms. The van der Waals surface area contributed by atoms with E-state index in [-0.39, 0.29) is 0 Å². The molecule has 1 aromatic heterocycles. The van der Waals surface area contributed by atoms with Crippen molar-refractivity contribution < 1.29 is 4.74 Å². The van der Waals surface area contributed by atoms with Gasteiger partial charge in [0.05, 0.1) is 17.8 Å². The molecule has 2 aromatic rings. The van der Waals surface area contributed by atoms with Crippen molar-refractivity contribution in [3.63, 3.8) is 0 Å². The lowest BCUT2D eigenvalue weighted by molar-refractivity contribution is 0.399. The average molecular weight is 377 g/mol. The number of ether oxygens (including phenoxy) is 1. The standard InChI is InChI=1S/C11H10ClIN4O/c1-18-11-9(14)10(15-5-16-11)17-8-3-2-6(13)4-7(8)12/h2-5H,14H2,1H3,(H,15,16,17). The number of aromatic nitrogens is 2. The van der Waals surface area contributed by atoms with Gasteiger partial charge >= 0.3 is 0 Å². The Balaban J connectivity index is 2.34. The largest absolute Gasteiger partial charge is 0.479 e. The molecule has 0 amide bonds. The van der Waals surface area contributed by atoms with E-state index >= 15 is 0 Å². The second-order valence-electron chi connectivity index (χ2n) is 3.39. The number of hydrogen-bond donors (Lipinski definition) is 2. The van der Waals surface area contributed by atoms with E-state index in [1.807, 2.05) is 18.2 Å². The van der Waals surface area contributed by atoms with Crippen molar-refractivity contribution in [1.29, 1.82) is 0 Å². The summed E-state index contributed by atoms with van der Waals surface area (Å²) in [6, 6.07) is 5.64. The normalized spacial score (nSPS) is 10.2. The highest BCUT2D eigenvalue weighted by molar-refractivity contribution is 14.1. The molecule has 0 unspecified atom stereocenters. The minimum Gasteiger partial charge on any atom is -0.479 e. The number of anilines is 3. The molecule has 1 heterocycles. The molecule has 1 aromatic carbocycles. The molecule has 0 aliphatic carbocycles. The minimum absolute atomic E-state index is 0.328. The molecule has 3 N–H and O–H groups in total. The first-order valence-corrected chi connectivity index (χ1v) is 6.44. The van der Waals surface area contributed by atoms with Crippen LogP contribution in [0, 0.1) is 3.57 Å². The molecule has 0 bridgehead atoms. The third kappa shape index (κ3) is 2.75. The number of nitrogen functional groups attached to an aromatic ring is 1. The number of rotatable bonds is 3. The van der Waals surface area contributed by atoms with Gasteiger partial charge in [0.25, 0.3) is 0 Å². The lowest BCUT2D eigenvalue weighted by atomic mass is 10.3. The van der Waals surface area contributed by atoms with Crippen LogP contribution in [0.1, 0.15) is 0 Å². The lowest BCUT2D eigenvalue weighted by Gasteiger charge is -2.11. The molecule has 0 atom stereocenters. The van der Waals surface area contributed by atoms with Crippen LogP contribution in [-0.4, -0.2) is 17.1 Å². The first-order chi connectivity index (χ1) is 8.61. The highest BCUT2D eigenvalue weighted by atomic mass is 127. The summed E-state index contributed by atoms with van der Waals surface area (Å²) in [6.07, 6.45) is 1.37. The van der Waals surface area contributed by atoms with Gasteiger partial charge in [-0.15, -0.1) is 0 Å². The summed E-state index contributed by atoms with van der Waals surface area (Å²) in [6.45, 7) is 0. The van der Waals surface area contributed by atoms with Crippen molar-refractivity contribution in [3.8, 4) is 5.88 Å². The van der Waals surface area contributed by atoms with Gasteiger partial charge in [0.2, 0.25) is 5.88 Å². The molecular formula is C11H10ClIN4O. The second kappa shape index (κ2) is 5.57. The van der Waals surface area contributed by atoms with Crippen molar-refractivity contribution in [1.82, 2.24) is 9.97 Å². The van der Waals surface area contributed by atoms with Gasteiger partial charge in [-0.25, -0.2) is 4.98 Å². The van der Waals surface area contributed by atoms with Crippen molar-refractivity contribution in [2.75, 3.05) is 18.2 Å². The van der Waals surface area contributed by atoms with E-state index in [1.165, 1.54) is 13.4 Å². The zero-order valence-corrected chi connectivity index (χ0v) is 12.4. The Morgan fingerprint density at radius 1 is 1.39 bits per heavy atom. The fraction of sp³-hybridized carbons (Fsp3) is 0.0909. The molecular weight excluding hydrogens is 367 g/mol. The molecule has 0 saturated heterocycles. The van der Waals surface area contributed by atoms with Crippen LogP contribution in [0.5, 0.6) is 5.88 Å². The summed E-state index contributed by atoms with van der Waals surface area (Å²) in [5.41, 5.74) is 6.93. The van der Waals surface area contributed by atoms with Crippen molar-refractivity contribution in [2.45, 2.75) is 0 Å². The second-order valence-corrected chi connectivity index (χ2v) is 5.05. The maximum absolute atomic E-state index is 6.12. The summed E-state index contributed by atoms with van der Waals surface area (Å²) < 4.78 is 6.07. The first kappa shape index (κ1) is 13.2. The van der Waals surface area contributed by atoms with Crippen LogP contribution in [-0.2, 0) is 0 Å². The maximum atomic E-state index is 6.12. The molecule has 0 aliphatic rings. The highest BCUT2D eigenvalue weighted by Gasteiger charge is 2.10. The fourth-order valence-corrected chi connectivity index (χ4v) is 2.26. The molecule has 0 aliphatic heterocycles. The van der Waals surface area contributed by atoms with E-state index in [2.05, 4.69) is 37.9 Å². The summed E-state index contributed by atoms with van der Waals surface area (Å²) in [7, 11) is 1.50. The number of halogens is 2. The van der Waals surface area contributed by atoms with E-state index in [0.29, 0.717) is 22.4 Å². The summed E-state index contributed by atoms with van der Waals surface area (Å²) in [4.78, 5) is 7.96. The molecule has 0 radical (unpaired) electrons. The van der Waals surface area contributed by atoms with Crippen LogP contribution >= 0.6 is 34.2 Å². The summed E-state index contributed by atoms with van der Waals surface area (Å²) >= 11 is 8.31. The molecule has 5 nitrogen and oxygen atoms in total. The van der Waals surface area contributed by atoms with Crippen LogP contribution in [0.3, 0.4) is 0 Å². The molecule has 2 rings (SSSR count). The van der Waals surface area contributed by atoms with Gasteiger partial charge in [-0.3, -0.25) is 0 Å². The van der Waals surface area contributed by atoms with Crippen molar-refractivity contribution in [3.05, 3.63) is 33.1 Å². The van der Waals surface area contributed by atoms with Gasteiger partial charge in [-0.05, 0) is 40.8 Å². The number of methoxy groups -OCH3 is 1. The van der Waals surface area contributed by atoms with Crippen LogP contribution in [0.15, 0.2) is 24.5 Å². The Morgan fingerprint density at radius 2 is 2.17 bits per heavy atom. The maximum Gasteiger partial charge on any atom is 0.242 e. The van der Waals surface area contributed by atoms with Gasteiger partial charge in [-0.1, -0.05) is 11.6 Å². The van der Waals surface area contributed by atoms with Crippen LogP contribution in [0.25, 0.3) is 0 Å². The van der Waals surface area contributed by atoms with Crippen LogP contribution in [0.2, 0.25) is 5.02 Å². The number of nitrogens with two attached hydrogens (primary N) is 1. The van der Waals surface area contributed by atoms with E-state index in [9.17, 15) is 0 Å². The Kier molecular flexibility index (Phi) is 4.07. The van der Waals surface area contributed by atoms with Gasteiger partial charge in [-0.2, -0.15) is 4.98 Å². The van der Waals surface area contributed by atoms with E-state index in [4.69, 9.17) is 22.1 Å². The van der Waals surface area contributed by atoms with Crippen molar-refractivity contribution in [2.24, 2.45) is 0 Å². The minimum atomic E-state index is 0.328. The zero-order chi connectivity index (χ0) is 13.1. The highest BCUT2D eigenvalue weighted by Crippen LogP contribution is 2.31. The molecule has 0 saturated carbocycles. The predicted octanol–water partition coefficient (Wildman–Crippen LogP) is 3.07. The average Bonchev–Trinajstić information content (AvgIpc) is 2.35. The SMILES string of the molecule is COc1ncnc(Nc2ccc(I)cc2Cl)c1N. The molecule has 7 heteroatoms. The monoisotopic (exact) mass is 376 g/mol. The molecule has 94 valence electrons. The topological polar surface area (TPSA) is 73.1 Å². The van der Waals surface area contributed by atoms with Crippen LogP contribution in [0.4, 0.5) is 17.2 Å². The number of benzene rings is 1. The lowest BCUT2D eigenvalue weighted by Crippen LogP contribution is -2.03. The van der Waals surface area contributed by atoms with Gasteiger partial charge in [0.15, 0.2) is 5.82 Å². The zero-order valence-electron chi connectivity index (χ0n) is 9.45. The third-order valence-corrected chi connectivity index (χ3v) is 3.21. The Morgan fingerprint density at radius 3 is 2.83 bits per heavy atom. The quantitative estimate of drug-likeness (QED) is 0.806. The molecule has 0 spiro atoms. The smallest absolute Gasteiger partial charge is 0.242 e. The van der Waals surface area contributed by atoms with E-state index in [0.717, 1.165) is 9.26 Å². The van der Waals surface area contributed by atoms with Crippen LogP contribution < -0.4 is 15.8 Å². The fourth-order valence-electron chi connectivity index (χ4n) is 1.36. The van der Waals surface area contributed by atoms with Gasteiger partial charge in [0.1, 0.15) is 12.0 Å². The van der Waals surface area contributed by atoms with Gasteiger partial charge in [0, 0.05) is 3.57 Å². The van der Waals surface area contributed by atoms with E-state index in [1.54, 1.807) is 0 Å². The Bertz CT molecular complexity index is 579. The first-order valence-electron chi connectivity index (χ1n) is 4.98. The van der Waals surface area contributed by atoms with Crippen molar-refractivity contribution >= 4 is 51.4 Å². The Labute approximate surface area is 123 Å². The van der Waals surface area contributed by atoms with E-state index < -0.39 is 0 Å². The third-order valence-electron chi connectivity index (χ3n) is 2.22.